The van der Waals surface area contributed by atoms with Crippen LogP contribution >= 0.6 is 27.5 Å². The lowest BCUT2D eigenvalue weighted by Gasteiger charge is -2.12. The molecule has 8 heteroatoms. The lowest BCUT2D eigenvalue weighted by Crippen LogP contribution is -2.22. The summed E-state index contributed by atoms with van der Waals surface area (Å²) < 4.78 is 26.4. The third kappa shape index (κ3) is 3.34. The van der Waals surface area contributed by atoms with Crippen molar-refractivity contribution in [1.29, 1.82) is 0 Å². The van der Waals surface area contributed by atoms with Crippen LogP contribution < -0.4 is 5.43 Å². The molecule has 0 radical (unpaired) electrons. The number of rotatable bonds is 4. The number of aromatic nitrogens is 1. The normalized spacial score (nSPS) is 11.7. The van der Waals surface area contributed by atoms with Crippen LogP contribution in [0.5, 0.6) is 0 Å². The quantitative estimate of drug-likeness (QED) is 0.601. The Morgan fingerprint density at radius 2 is 1.81 bits per heavy atom. The van der Waals surface area contributed by atoms with E-state index in [9.17, 15) is 18.0 Å². The summed E-state index contributed by atoms with van der Waals surface area (Å²) in [5.41, 5.74) is -0.329. The van der Waals surface area contributed by atoms with E-state index in [2.05, 4.69) is 20.9 Å². The van der Waals surface area contributed by atoms with Crippen LogP contribution in [0.2, 0.25) is 5.02 Å². The van der Waals surface area contributed by atoms with Gasteiger partial charge in [0, 0.05) is 4.47 Å². The van der Waals surface area contributed by atoms with Crippen molar-refractivity contribution in [2.45, 2.75) is 17.7 Å². The molecule has 0 bridgehead atoms. The summed E-state index contributed by atoms with van der Waals surface area (Å²) in [4.78, 5) is 27.7. The zero-order valence-electron chi connectivity index (χ0n) is 13.5. The average Bonchev–Trinajstić information content (AvgIpc) is 2.57. The van der Waals surface area contributed by atoms with Crippen LogP contribution in [0.1, 0.15) is 22.8 Å². The van der Waals surface area contributed by atoms with Crippen LogP contribution in [0.15, 0.2) is 56.8 Å². The van der Waals surface area contributed by atoms with Crippen LogP contribution in [0.4, 0.5) is 0 Å². The Kier molecular flexibility index (Phi) is 5.05. The highest BCUT2D eigenvalue weighted by Gasteiger charge is 2.27. The van der Waals surface area contributed by atoms with Crippen LogP contribution in [-0.4, -0.2) is 19.2 Å². The predicted molar refractivity (Wildman–Crippen MR) is 105 cm³/mol. The first-order valence-electron chi connectivity index (χ1n) is 7.54. The summed E-state index contributed by atoms with van der Waals surface area (Å²) in [5, 5.41) is -0.182. The Morgan fingerprint density at radius 1 is 1.15 bits per heavy atom. The summed E-state index contributed by atoms with van der Waals surface area (Å²) in [6.07, 6.45) is 0. The SMILES string of the molecule is CC(=O)c1c(S(=O)(=O)Cc2ccccc2)[nH]c2c(Br)ccc(Cl)c2c1=O. The molecular formula is C18H13BrClNO4S. The van der Waals surface area contributed by atoms with Gasteiger partial charge in [0.25, 0.3) is 0 Å². The fourth-order valence-corrected chi connectivity index (χ4v) is 4.97. The van der Waals surface area contributed by atoms with Gasteiger partial charge in [-0.05, 0) is 40.5 Å². The molecule has 0 spiro atoms. The summed E-state index contributed by atoms with van der Waals surface area (Å²) in [6.45, 7) is 1.16. The fraction of sp³-hybridized carbons (Fsp3) is 0.111. The second-order valence-electron chi connectivity index (χ2n) is 5.74. The van der Waals surface area contributed by atoms with E-state index in [1.54, 1.807) is 36.4 Å². The minimum Gasteiger partial charge on any atom is -0.344 e. The Balaban J connectivity index is 2.35. The maximum atomic E-state index is 12.9. The van der Waals surface area contributed by atoms with Crippen molar-refractivity contribution in [2.24, 2.45) is 0 Å². The molecule has 0 unspecified atom stereocenters. The molecule has 0 saturated carbocycles. The Morgan fingerprint density at radius 3 is 2.42 bits per heavy atom. The topological polar surface area (TPSA) is 84.1 Å². The van der Waals surface area contributed by atoms with E-state index in [4.69, 9.17) is 11.6 Å². The molecule has 0 amide bonds. The molecule has 3 aromatic rings. The number of nitrogens with one attached hydrogen (secondary N) is 1. The molecule has 0 saturated heterocycles. The minimum atomic E-state index is -3.97. The smallest absolute Gasteiger partial charge is 0.203 e. The van der Waals surface area contributed by atoms with Gasteiger partial charge in [-0.2, -0.15) is 0 Å². The van der Waals surface area contributed by atoms with Crippen LogP contribution in [0, 0.1) is 0 Å². The number of pyridine rings is 1. The van der Waals surface area contributed by atoms with Crippen molar-refractivity contribution in [3.63, 3.8) is 0 Å². The van der Waals surface area contributed by atoms with Gasteiger partial charge in [-0.15, -0.1) is 0 Å². The zero-order valence-corrected chi connectivity index (χ0v) is 16.7. The first-order valence-corrected chi connectivity index (χ1v) is 10.4. The second kappa shape index (κ2) is 6.98. The third-order valence-corrected chi connectivity index (χ3v) is 6.50. The van der Waals surface area contributed by atoms with E-state index in [-0.39, 0.29) is 21.7 Å². The van der Waals surface area contributed by atoms with Gasteiger partial charge in [0.05, 0.1) is 21.7 Å². The van der Waals surface area contributed by atoms with Crippen LogP contribution in [0.25, 0.3) is 10.9 Å². The molecule has 5 nitrogen and oxygen atoms in total. The van der Waals surface area contributed by atoms with Crippen molar-refractivity contribution in [3.05, 3.63) is 73.3 Å². The number of fused-ring (bicyclic) bond motifs is 1. The van der Waals surface area contributed by atoms with E-state index in [0.717, 1.165) is 6.92 Å². The molecule has 0 atom stereocenters. The van der Waals surface area contributed by atoms with Gasteiger partial charge in [0.2, 0.25) is 5.43 Å². The number of halogens is 2. The summed E-state index contributed by atoms with van der Waals surface area (Å²) in [5.74, 6) is -0.982. The number of hydrogen-bond donors (Lipinski definition) is 1. The van der Waals surface area contributed by atoms with Gasteiger partial charge < -0.3 is 4.98 Å². The molecule has 134 valence electrons. The van der Waals surface area contributed by atoms with Crippen molar-refractivity contribution in [2.75, 3.05) is 0 Å². The first kappa shape index (κ1) is 18.8. The zero-order chi connectivity index (χ0) is 19.1. The highest BCUT2D eigenvalue weighted by molar-refractivity contribution is 9.10. The lowest BCUT2D eigenvalue weighted by atomic mass is 10.1. The van der Waals surface area contributed by atoms with E-state index >= 15 is 0 Å². The van der Waals surface area contributed by atoms with Crippen LogP contribution in [-0.2, 0) is 15.6 Å². The van der Waals surface area contributed by atoms with Gasteiger partial charge >= 0.3 is 0 Å². The molecule has 0 fully saturated rings. The third-order valence-electron chi connectivity index (χ3n) is 3.89. The van der Waals surface area contributed by atoms with Crippen molar-refractivity contribution in [3.8, 4) is 0 Å². The minimum absolute atomic E-state index is 0.0740. The summed E-state index contributed by atoms with van der Waals surface area (Å²) >= 11 is 9.39. The van der Waals surface area contributed by atoms with Crippen LogP contribution in [0.3, 0.4) is 0 Å². The van der Waals surface area contributed by atoms with E-state index in [0.29, 0.717) is 10.0 Å². The van der Waals surface area contributed by atoms with E-state index in [1.165, 1.54) is 6.07 Å². The number of hydrogen-bond acceptors (Lipinski definition) is 4. The molecule has 3 rings (SSSR count). The van der Waals surface area contributed by atoms with Gasteiger partial charge in [-0.25, -0.2) is 8.42 Å². The number of carbonyl (C=O) groups excluding carboxylic acids is 1. The van der Waals surface area contributed by atoms with Gasteiger partial charge in [0.15, 0.2) is 15.6 Å². The molecule has 2 aromatic carbocycles. The highest BCUT2D eigenvalue weighted by atomic mass is 79.9. The fourth-order valence-electron chi connectivity index (χ4n) is 2.72. The number of ketones is 1. The molecule has 1 N–H and O–H groups in total. The molecular weight excluding hydrogens is 442 g/mol. The number of H-pyrrole nitrogens is 1. The summed E-state index contributed by atoms with van der Waals surface area (Å²) in [6, 6.07) is 11.6. The molecule has 26 heavy (non-hydrogen) atoms. The Bertz CT molecular complexity index is 1190. The number of sulfone groups is 1. The number of benzene rings is 2. The molecule has 1 heterocycles. The van der Waals surface area contributed by atoms with E-state index in [1.807, 2.05) is 0 Å². The average molecular weight is 455 g/mol. The maximum absolute atomic E-state index is 12.9. The second-order valence-corrected chi connectivity index (χ2v) is 8.93. The van der Waals surface area contributed by atoms with Crippen molar-refractivity contribution in [1.82, 2.24) is 4.98 Å². The van der Waals surface area contributed by atoms with E-state index < -0.39 is 31.6 Å². The molecule has 1 aromatic heterocycles. The number of aromatic amines is 1. The Labute approximate surface area is 163 Å². The lowest BCUT2D eigenvalue weighted by molar-refractivity contribution is 0.101. The predicted octanol–water partition coefficient (Wildman–Crippen LogP) is 4.12. The monoisotopic (exact) mass is 453 g/mol. The standard InChI is InChI=1S/C18H13BrClNO4S/c1-10(22)14-17(23)15-13(20)8-7-12(19)16(15)21-18(14)26(24,25)9-11-5-3-2-4-6-11/h2-8H,9H2,1H3,(H,21,23). The van der Waals surface area contributed by atoms with Gasteiger partial charge in [-0.3, -0.25) is 9.59 Å². The Hall–Kier alpha value is -1.96. The van der Waals surface area contributed by atoms with Crippen molar-refractivity contribution < 1.29 is 13.2 Å². The molecule has 0 aliphatic heterocycles. The number of Topliss-reactive ketones (excluding diaryl/α,β-unsaturated/α-hetero) is 1. The highest BCUT2D eigenvalue weighted by Crippen LogP contribution is 2.29. The summed E-state index contributed by atoms with van der Waals surface area (Å²) in [7, 11) is -3.97. The van der Waals surface area contributed by atoms with Gasteiger partial charge in [0.1, 0.15) is 10.6 Å². The molecule has 0 aliphatic carbocycles. The first-order chi connectivity index (χ1) is 12.2. The van der Waals surface area contributed by atoms with Crippen molar-refractivity contribution >= 4 is 54.1 Å². The molecule has 0 aliphatic rings. The largest absolute Gasteiger partial charge is 0.344 e. The maximum Gasteiger partial charge on any atom is 0.203 e. The number of carbonyl (C=O) groups is 1. The van der Waals surface area contributed by atoms with Gasteiger partial charge in [-0.1, -0.05) is 41.9 Å².